The van der Waals surface area contributed by atoms with Crippen LogP contribution >= 0.6 is 0 Å². The second kappa shape index (κ2) is 5.10. The fourth-order valence-electron chi connectivity index (χ4n) is 1.51. The molecule has 0 aliphatic carbocycles. The van der Waals surface area contributed by atoms with E-state index in [1.807, 2.05) is 6.92 Å². The third-order valence-corrected chi connectivity index (χ3v) is 2.35. The highest BCUT2D eigenvalue weighted by Crippen LogP contribution is 2.20. The summed E-state index contributed by atoms with van der Waals surface area (Å²) < 4.78 is 5.19. The van der Waals surface area contributed by atoms with Crippen LogP contribution in [0.15, 0.2) is 4.52 Å². The molecular weight excluding hydrogens is 178 g/mol. The average Bonchev–Trinajstić information content (AvgIpc) is 2.54. The lowest BCUT2D eigenvalue weighted by atomic mass is 9.99. The van der Waals surface area contributed by atoms with Crippen LogP contribution in [0.5, 0.6) is 0 Å². The van der Waals surface area contributed by atoms with Crippen molar-refractivity contribution < 1.29 is 4.52 Å². The van der Waals surface area contributed by atoms with Crippen molar-refractivity contribution in [1.29, 1.82) is 0 Å². The summed E-state index contributed by atoms with van der Waals surface area (Å²) >= 11 is 0. The van der Waals surface area contributed by atoms with Crippen molar-refractivity contribution in [1.82, 2.24) is 10.1 Å². The number of rotatable bonds is 5. The lowest BCUT2D eigenvalue weighted by molar-refractivity contribution is 0.331. The Hall–Kier alpha value is -0.900. The lowest BCUT2D eigenvalue weighted by Crippen LogP contribution is -2.24. The largest absolute Gasteiger partial charge is 0.339 e. The Labute approximate surface area is 84.9 Å². The molecule has 0 amide bonds. The Morgan fingerprint density at radius 1 is 1.43 bits per heavy atom. The maximum absolute atomic E-state index is 5.83. The van der Waals surface area contributed by atoms with Gasteiger partial charge in [0.15, 0.2) is 5.82 Å². The van der Waals surface area contributed by atoms with Crippen LogP contribution < -0.4 is 5.73 Å². The number of nitrogens with zero attached hydrogens (tertiary/aromatic N) is 2. The van der Waals surface area contributed by atoms with Gasteiger partial charge in [-0.25, -0.2) is 0 Å². The monoisotopic (exact) mass is 197 g/mol. The lowest BCUT2D eigenvalue weighted by Gasteiger charge is -2.13. The SMILES string of the molecule is CCCc1noc(C(CC)C(C)N)n1. The fraction of sp³-hybridized carbons (Fsp3) is 0.800. The Morgan fingerprint density at radius 2 is 2.14 bits per heavy atom. The van der Waals surface area contributed by atoms with Crippen LogP contribution in [-0.2, 0) is 6.42 Å². The third-order valence-electron chi connectivity index (χ3n) is 2.35. The molecule has 2 N–H and O–H groups in total. The number of hydrogen-bond acceptors (Lipinski definition) is 4. The zero-order valence-electron chi connectivity index (χ0n) is 9.16. The Balaban J connectivity index is 2.73. The van der Waals surface area contributed by atoms with Gasteiger partial charge in [-0.15, -0.1) is 0 Å². The summed E-state index contributed by atoms with van der Waals surface area (Å²) in [5.74, 6) is 1.67. The van der Waals surface area contributed by atoms with E-state index in [0.717, 1.165) is 25.1 Å². The summed E-state index contributed by atoms with van der Waals surface area (Å²) in [5, 5.41) is 3.92. The summed E-state index contributed by atoms with van der Waals surface area (Å²) in [6.07, 6.45) is 2.85. The van der Waals surface area contributed by atoms with E-state index in [9.17, 15) is 0 Å². The summed E-state index contributed by atoms with van der Waals surface area (Å²) in [5.41, 5.74) is 5.83. The number of nitrogens with two attached hydrogens (primary N) is 1. The van der Waals surface area contributed by atoms with Crippen molar-refractivity contribution in [2.75, 3.05) is 0 Å². The molecule has 14 heavy (non-hydrogen) atoms. The molecule has 2 unspecified atom stereocenters. The van der Waals surface area contributed by atoms with Gasteiger partial charge >= 0.3 is 0 Å². The van der Waals surface area contributed by atoms with Gasteiger partial charge in [0.2, 0.25) is 5.89 Å². The van der Waals surface area contributed by atoms with Crippen LogP contribution in [0.25, 0.3) is 0 Å². The molecule has 0 bridgehead atoms. The quantitative estimate of drug-likeness (QED) is 0.782. The van der Waals surface area contributed by atoms with Crippen LogP contribution in [0.1, 0.15) is 51.2 Å². The minimum atomic E-state index is 0.0647. The number of aryl methyl sites for hydroxylation is 1. The van der Waals surface area contributed by atoms with Crippen LogP contribution in [0.2, 0.25) is 0 Å². The molecule has 1 aromatic rings. The predicted octanol–water partition coefficient (Wildman–Crippen LogP) is 1.86. The number of hydrogen-bond donors (Lipinski definition) is 1. The van der Waals surface area contributed by atoms with E-state index in [4.69, 9.17) is 10.3 Å². The summed E-state index contributed by atoms with van der Waals surface area (Å²) in [6.45, 7) is 6.15. The molecule has 0 spiro atoms. The van der Waals surface area contributed by atoms with Crippen LogP contribution in [0.4, 0.5) is 0 Å². The van der Waals surface area contributed by atoms with Crippen molar-refractivity contribution in [2.24, 2.45) is 5.73 Å². The summed E-state index contributed by atoms with van der Waals surface area (Å²) in [7, 11) is 0. The molecule has 0 fully saturated rings. The van der Waals surface area contributed by atoms with Gasteiger partial charge in [-0.3, -0.25) is 0 Å². The van der Waals surface area contributed by atoms with Crippen molar-refractivity contribution in [3.05, 3.63) is 11.7 Å². The van der Waals surface area contributed by atoms with E-state index >= 15 is 0 Å². The smallest absolute Gasteiger partial charge is 0.231 e. The van der Waals surface area contributed by atoms with Gasteiger partial charge in [0.05, 0.1) is 5.92 Å². The van der Waals surface area contributed by atoms with E-state index < -0.39 is 0 Å². The predicted molar refractivity (Wildman–Crippen MR) is 55.0 cm³/mol. The molecular formula is C10H19N3O. The Kier molecular flexibility index (Phi) is 4.07. The molecule has 0 aromatic carbocycles. The van der Waals surface area contributed by atoms with Crippen molar-refractivity contribution >= 4 is 0 Å². The van der Waals surface area contributed by atoms with E-state index in [0.29, 0.717) is 5.89 Å². The van der Waals surface area contributed by atoms with Gasteiger partial charge in [0, 0.05) is 12.5 Å². The molecule has 1 rings (SSSR count). The second-order valence-electron chi connectivity index (χ2n) is 3.67. The molecule has 4 nitrogen and oxygen atoms in total. The van der Waals surface area contributed by atoms with E-state index in [-0.39, 0.29) is 12.0 Å². The maximum atomic E-state index is 5.83. The molecule has 2 atom stereocenters. The van der Waals surface area contributed by atoms with Gasteiger partial charge in [0.1, 0.15) is 0 Å². The first-order chi connectivity index (χ1) is 6.69. The standard InChI is InChI=1S/C10H19N3O/c1-4-6-9-12-10(14-13-9)8(5-2)7(3)11/h7-8H,4-6,11H2,1-3H3. The van der Waals surface area contributed by atoms with Gasteiger partial charge < -0.3 is 10.3 Å². The number of aromatic nitrogens is 2. The van der Waals surface area contributed by atoms with Gasteiger partial charge in [-0.2, -0.15) is 4.98 Å². The Morgan fingerprint density at radius 3 is 2.64 bits per heavy atom. The normalized spacial score (nSPS) is 15.4. The van der Waals surface area contributed by atoms with E-state index in [2.05, 4.69) is 24.0 Å². The first-order valence-electron chi connectivity index (χ1n) is 5.27. The zero-order valence-corrected chi connectivity index (χ0v) is 9.16. The topological polar surface area (TPSA) is 64.9 Å². The highest BCUT2D eigenvalue weighted by molar-refractivity contribution is 4.97. The molecule has 1 heterocycles. The van der Waals surface area contributed by atoms with Crippen LogP contribution in [-0.4, -0.2) is 16.2 Å². The molecule has 80 valence electrons. The highest BCUT2D eigenvalue weighted by Gasteiger charge is 2.20. The second-order valence-corrected chi connectivity index (χ2v) is 3.67. The summed E-state index contributed by atoms with van der Waals surface area (Å²) in [4.78, 5) is 4.33. The molecule has 1 aromatic heterocycles. The summed E-state index contributed by atoms with van der Waals surface area (Å²) in [6, 6.07) is 0.0647. The van der Waals surface area contributed by atoms with Gasteiger partial charge in [-0.1, -0.05) is 19.0 Å². The van der Waals surface area contributed by atoms with Crippen molar-refractivity contribution in [3.8, 4) is 0 Å². The zero-order chi connectivity index (χ0) is 10.6. The third kappa shape index (κ3) is 2.54. The van der Waals surface area contributed by atoms with Gasteiger partial charge in [-0.05, 0) is 19.8 Å². The van der Waals surface area contributed by atoms with Crippen LogP contribution in [0.3, 0.4) is 0 Å². The molecule has 0 radical (unpaired) electrons. The van der Waals surface area contributed by atoms with E-state index in [1.54, 1.807) is 0 Å². The fourth-order valence-corrected chi connectivity index (χ4v) is 1.51. The minimum absolute atomic E-state index is 0.0647. The molecule has 0 aliphatic heterocycles. The first kappa shape index (κ1) is 11.2. The highest BCUT2D eigenvalue weighted by atomic mass is 16.5. The van der Waals surface area contributed by atoms with E-state index in [1.165, 1.54) is 0 Å². The Bertz CT molecular complexity index is 270. The molecule has 0 aliphatic rings. The van der Waals surface area contributed by atoms with Crippen molar-refractivity contribution in [2.45, 2.75) is 52.0 Å². The average molecular weight is 197 g/mol. The van der Waals surface area contributed by atoms with Crippen molar-refractivity contribution in [3.63, 3.8) is 0 Å². The maximum Gasteiger partial charge on any atom is 0.231 e. The minimum Gasteiger partial charge on any atom is -0.339 e. The van der Waals surface area contributed by atoms with Gasteiger partial charge in [0.25, 0.3) is 0 Å². The van der Waals surface area contributed by atoms with Crippen LogP contribution in [0, 0.1) is 0 Å². The molecule has 0 saturated heterocycles. The first-order valence-corrected chi connectivity index (χ1v) is 5.27. The molecule has 0 saturated carbocycles. The molecule has 4 heteroatoms.